The van der Waals surface area contributed by atoms with Crippen LogP contribution in [0.3, 0.4) is 0 Å². The van der Waals surface area contributed by atoms with E-state index in [4.69, 9.17) is 18.9 Å². The standard InChI is InChI=1S/C20H23NO5/c1-23-15-7-8-16(18(13-15)24-2)21-20(22)5-3-4-14-6-9-17-19(12-14)26-11-10-25-17/h6-9,12-13H,3-5,10-11H2,1-2H3,(H,21,22). The van der Waals surface area contributed by atoms with Crippen molar-refractivity contribution in [2.75, 3.05) is 32.8 Å². The number of nitrogens with one attached hydrogen (secondary N) is 1. The van der Waals surface area contributed by atoms with Gasteiger partial charge in [0.05, 0.1) is 19.9 Å². The maximum absolute atomic E-state index is 12.2. The van der Waals surface area contributed by atoms with Gasteiger partial charge in [0.1, 0.15) is 24.7 Å². The lowest BCUT2D eigenvalue weighted by atomic mass is 10.1. The number of carbonyl (C=O) groups is 1. The largest absolute Gasteiger partial charge is 0.497 e. The summed E-state index contributed by atoms with van der Waals surface area (Å²) >= 11 is 0. The number of fused-ring (bicyclic) bond motifs is 1. The van der Waals surface area contributed by atoms with E-state index in [9.17, 15) is 4.79 Å². The monoisotopic (exact) mass is 357 g/mol. The molecule has 0 fully saturated rings. The molecular formula is C20H23NO5. The van der Waals surface area contributed by atoms with Crippen LogP contribution in [0.15, 0.2) is 36.4 Å². The highest BCUT2D eigenvalue weighted by molar-refractivity contribution is 5.92. The topological polar surface area (TPSA) is 66.0 Å². The fraction of sp³-hybridized carbons (Fsp3) is 0.350. The van der Waals surface area contributed by atoms with Crippen LogP contribution in [0, 0.1) is 0 Å². The first kappa shape index (κ1) is 17.9. The predicted octanol–water partition coefficient (Wildman–Crippen LogP) is 3.44. The van der Waals surface area contributed by atoms with Crippen LogP contribution in [-0.4, -0.2) is 33.3 Å². The summed E-state index contributed by atoms with van der Waals surface area (Å²) in [5, 5.41) is 2.88. The zero-order chi connectivity index (χ0) is 18.4. The molecule has 0 bridgehead atoms. The van der Waals surface area contributed by atoms with Crippen molar-refractivity contribution in [3.63, 3.8) is 0 Å². The summed E-state index contributed by atoms with van der Waals surface area (Å²) in [5.41, 5.74) is 1.77. The smallest absolute Gasteiger partial charge is 0.224 e. The second kappa shape index (κ2) is 8.47. The van der Waals surface area contributed by atoms with Gasteiger partial charge in [-0.2, -0.15) is 0 Å². The number of ether oxygens (including phenoxy) is 4. The lowest BCUT2D eigenvalue weighted by Crippen LogP contribution is -2.15. The maximum Gasteiger partial charge on any atom is 0.224 e. The predicted molar refractivity (Wildman–Crippen MR) is 98.5 cm³/mol. The number of hydrogen-bond donors (Lipinski definition) is 1. The number of benzene rings is 2. The minimum absolute atomic E-state index is 0.0500. The molecule has 6 nitrogen and oxygen atoms in total. The molecular weight excluding hydrogens is 334 g/mol. The second-order valence-electron chi connectivity index (χ2n) is 5.95. The third-order valence-electron chi connectivity index (χ3n) is 4.16. The molecule has 0 aromatic heterocycles. The van der Waals surface area contributed by atoms with Crippen LogP contribution in [0.25, 0.3) is 0 Å². The van der Waals surface area contributed by atoms with Crippen molar-refractivity contribution in [2.24, 2.45) is 0 Å². The van der Waals surface area contributed by atoms with E-state index in [1.54, 1.807) is 32.4 Å². The molecule has 0 aliphatic carbocycles. The molecule has 0 unspecified atom stereocenters. The molecule has 0 radical (unpaired) electrons. The first-order chi connectivity index (χ1) is 12.7. The molecule has 0 spiro atoms. The van der Waals surface area contributed by atoms with Gasteiger partial charge in [-0.05, 0) is 42.7 Å². The van der Waals surface area contributed by atoms with Gasteiger partial charge in [-0.25, -0.2) is 0 Å². The molecule has 138 valence electrons. The number of amides is 1. The van der Waals surface area contributed by atoms with Crippen LogP contribution < -0.4 is 24.3 Å². The van der Waals surface area contributed by atoms with E-state index < -0.39 is 0 Å². The van der Waals surface area contributed by atoms with Gasteiger partial charge in [-0.3, -0.25) is 4.79 Å². The van der Waals surface area contributed by atoms with Crippen LogP contribution in [-0.2, 0) is 11.2 Å². The molecule has 6 heteroatoms. The number of hydrogen-bond acceptors (Lipinski definition) is 5. The molecule has 1 aliphatic heterocycles. The van der Waals surface area contributed by atoms with Gasteiger partial charge in [0.2, 0.25) is 5.91 Å². The van der Waals surface area contributed by atoms with Gasteiger partial charge < -0.3 is 24.3 Å². The number of methoxy groups -OCH3 is 2. The van der Waals surface area contributed by atoms with E-state index in [1.165, 1.54) is 0 Å². The molecule has 1 N–H and O–H groups in total. The van der Waals surface area contributed by atoms with Crippen molar-refractivity contribution < 1.29 is 23.7 Å². The first-order valence-electron chi connectivity index (χ1n) is 8.60. The van der Waals surface area contributed by atoms with E-state index in [0.717, 1.165) is 29.9 Å². The van der Waals surface area contributed by atoms with Gasteiger partial charge in [0, 0.05) is 12.5 Å². The molecule has 26 heavy (non-hydrogen) atoms. The van der Waals surface area contributed by atoms with Crippen LogP contribution in [0.1, 0.15) is 18.4 Å². The second-order valence-corrected chi connectivity index (χ2v) is 5.95. The summed E-state index contributed by atoms with van der Waals surface area (Å²) in [6.45, 7) is 1.16. The van der Waals surface area contributed by atoms with E-state index in [0.29, 0.717) is 36.8 Å². The summed E-state index contributed by atoms with van der Waals surface area (Å²) in [6.07, 6.45) is 1.96. The van der Waals surface area contributed by atoms with Crippen molar-refractivity contribution in [2.45, 2.75) is 19.3 Å². The van der Waals surface area contributed by atoms with E-state index >= 15 is 0 Å². The fourth-order valence-corrected chi connectivity index (χ4v) is 2.81. The van der Waals surface area contributed by atoms with Crippen molar-refractivity contribution in [3.05, 3.63) is 42.0 Å². The van der Waals surface area contributed by atoms with Gasteiger partial charge >= 0.3 is 0 Å². The van der Waals surface area contributed by atoms with Crippen molar-refractivity contribution in [3.8, 4) is 23.0 Å². The van der Waals surface area contributed by atoms with Crippen molar-refractivity contribution >= 4 is 11.6 Å². The van der Waals surface area contributed by atoms with Gasteiger partial charge in [0.15, 0.2) is 11.5 Å². The van der Waals surface area contributed by atoms with Crippen molar-refractivity contribution in [1.82, 2.24) is 0 Å². The maximum atomic E-state index is 12.2. The Morgan fingerprint density at radius 1 is 1.04 bits per heavy atom. The van der Waals surface area contributed by atoms with Gasteiger partial charge in [-0.1, -0.05) is 6.07 Å². The molecule has 2 aromatic rings. The number of carbonyl (C=O) groups excluding carboxylic acids is 1. The van der Waals surface area contributed by atoms with Gasteiger partial charge in [-0.15, -0.1) is 0 Å². The highest BCUT2D eigenvalue weighted by Crippen LogP contribution is 2.31. The van der Waals surface area contributed by atoms with E-state index in [1.807, 2.05) is 18.2 Å². The van der Waals surface area contributed by atoms with Crippen LogP contribution in [0.2, 0.25) is 0 Å². The van der Waals surface area contributed by atoms with Crippen molar-refractivity contribution in [1.29, 1.82) is 0 Å². The Hall–Kier alpha value is -2.89. The summed E-state index contributed by atoms with van der Waals surface area (Å²) < 4.78 is 21.6. The Morgan fingerprint density at radius 2 is 1.85 bits per heavy atom. The Morgan fingerprint density at radius 3 is 2.62 bits per heavy atom. The quantitative estimate of drug-likeness (QED) is 0.822. The number of aryl methyl sites for hydroxylation is 1. The zero-order valence-electron chi connectivity index (χ0n) is 15.0. The third kappa shape index (κ3) is 4.39. The summed E-state index contributed by atoms with van der Waals surface area (Å²) in [7, 11) is 3.15. The molecule has 3 rings (SSSR count). The lowest BCUT2D eigenvalue weighted by molar-refractivity contribution is -0.116. The highest BCUT2D eigenvalue weighted by atomic mass is 16.6. The molecule has 2 aromatic carbocycles. The molecule has 1 heterocycles. The summed E-state index contributed by atoms with van der Waals surface area (Å²) in [5.74, 6) is 2.76. The number of rotatable bonds is 7. The van der Waals surface area contributed by atoms with Crippen LogP contribution in [0.5, 0.6) is 23.0 Å². The lowest BCUT2D eigenvalue weighted by Gasteiger charge is -2.18. The van der Waals surface area contributed by atoms with Crippen LogP contribution >= 0.6 is 0 Å². The summed E-state index contributed by atoms with van der Waals surface area (Å²) in [6, 6.07) is 11.2. The van der Waals surface area contributed by atoms with E-state index in [2.05, 4.69) is 5.32 Å². The minimum atomic E-state index is -0.0500. The Labute approximate surface area is 153 Å². The third-order valence-corrected chi connectivity index (χ3v) is 4.16. The zero-order valence-corrected chi connectivity index (χ0v) is 15.0. The molecule has 1 amide bonds. The Bertz CT molecular complexity index is 775. The molecule has 0 saturated heterocycles. The summed E-state index contributed by atoms with van der Waals surface area (Å²) in [4.78, 5) is 12.2. The van der Waals surface area contributed by atoms with Crippen LogP contribution in [0.4, 0.5) is 5.69 Å². The van der Waals surface area contributed by atoms with Gasteiger partial charge in [0.25, 0.3) is 0 Å². The number of anilines is 1. The molecule has 1 aliphatic rings. The highest BCUT2D eigenvalue weighted by Gasteiger charge is 2.12. The van der Waals surface area contributed by atoms with E-state index in [-0.39, 0.29) is 5.91 Å². The SMILES string of the molecule is COc1ccc(NC(=O)CCCc2ccc3c(c2)OCCO3)c(OC)c1. The molecule has 0 atom stereocenters. The minimum Gasteiger partial charge on any atom is -0.497 e. The Kier molecular flexibility index (Phi) is 5.84. The average molecular weight is 357 g/mol. The fourth-order valence-electron chi connectivity index (χ4n) is 2.81. The molecule has 0 saturated carbocycles. The normalized spacial score (nSPS) is 12.4. The first-order valence-corrected chi connectivity index (χ1v) is 8.60. The average Bonchev–Trinajstić information content (AvgIpc) is 2.68. The Balaban J connectivity index is 1.51.